The number of aromatic nitrogens is 1. The standard InChI is InChI=1S/C18H11Cl2N3O/c19-13-5-4-11-2-1-3-15(16(11)7-13)18(24)23-17(8-21)12-6-14(20)10-22-9-12/h1-7,9-10,17H,(H,23,24). The summed E-state index contributed by atoms with van der Waals surface area (Å²) in [5.74, 6) is -0.366. The van der Waals surface area contributed by atoms with Gasteiger partial charge in [-0.15, -0.1) is 0 Å². The van der Waals surface area contributed by atoms with Crippen molar-refractivity contribution in [3.05, 3.63) is 76.0 Å². The zero-order chi connectivity index (χ0) is 17.1. The molecule has 1 aromatic heterocycles. The molecule has 6 heteroatoms. The van der Waals surface area contributed by atoms with Gasteiger partial charge in [0.15, 0.2) is 0 Å². The van der Waals surface area contributed by atoms with Gasteiger partial charge in [0.2, 0.25) is 0 Å². The average molecular weight is 356 g/mol. The Kier molecular flexibility index (Phi) is 4.66. The molecule has 118 valence electrons. The molecule has 0 aliphatic heterocycles. The van der Waals surface area contributed by atoms with Crippen LogP contribution >= 0.6 is 23.2 Å². The fraction of sp³-hybridized carbons (Fsp3) is 0.0556. The third kappa shape index (κ3) is 3.33. The SMILES string of the molecule is N#CC(NC(=O)c1cccc2ccc(Cl)cc12)c1cncc(Cl)c1. The molecule has 1 N–H and O–H groups in total. The zero-order valence-corrected chi connectivity index (χ0v) is 13.8. The Morgan fingerprint density at radius 1 is 1.12 bits per heavy atom. The highest BCUT2D eigenvalue weighted by molar-refractivity contribution is 6.31. The van der Waals surface area contributed by atoms with E-state index < -0.39 is 6.04 Å². The fourth-order valence-electron chi connectivity index (χ4n) is 2.43. The van der Waals surface area contributed by atoms with Crippen LogP contribution in [0.4, 0.5) is 0 Å². The van der Waals surface area contributed by atoms with Crippen molar-refractivity contribution in [3.8, 4) is 6.07 Å². The second kappa shape index (κ2) is 6.88. The summed E-state index contributed by atoms with van der Waals surface area (Å²) >= 11 is 11.9. The van der Waals surface area contributed by atoms with Crippen LogP contribution < -0.4 is 5.32 Å². The van der Waals surface area contributed by atoms with Gasteiger partial charge in [-0.05, 0) is 35.0 Å². The number of pyridine rings is 1. The van der Waals surface area contributed by atoms with E-state index in [1.54, 1.807) is 30.3 Å². The van der Waals surface area contributed by atoms with E-state index in [1.165, 1.54) is 12.4 Å². The largest absolute Gasteiger partial charge is 0.332 e. The van der Waals surface area contributed by atoms with Crippen molar-refractivity contribution in [2.24, 2.45) is 0 Å². The first-order valence-electron chi connectivity index (χ1n) is 7.07. The Morgan fingerprint density at radius 3 is 2.71 bits per heavy atom. The molecule has 0 aliphatic carbocycles. The first-order chi connectivity index (χ1) is 11.6. The molecule has 1 heterocycles. The molecular weight excluding hydrogens is 345 g/mol. The van der Waals surface area contributed by atoms with Crippen LogP contribution in [-0.4, -0.2) is 10.9 Å². The van der Waals surface area contributed by atoms with Crippen LogP contribution in [-0.2, 0) is 0 Å². The number of amides is 1. The molecule has 0 saturated carbocycles. The van der Waals surface area contributed by atoms with Gasteiger partial charge >= 0.3 is 0 Å². The van der Waals surface area contributed by atoms with E-state index in [-0.39, 0.29) is 5.91 Å². The van der Waals surface area contributed by atoms with E-state index in [0.717, 1.165) is 10.8 Å². The number of fused-ring (bicyclic) bond motifs is 1. The maximum atomic E-state index is 12.6. The lowest BCUT2D eigenvalue weighted by molar-refractivity contribution is 0.0947. The van der Waals surface area contributed by atoms with Gasteiger partial charge in [-0.1, -0.05) is 41.4 Å². The number of nitrogens with zero attached hydrogens (tertiary/aromatic N) is 2. The second-order valence-electron chi connectivity index (χ2n) is 5.14. The number of hydrogen-bond acceptors (Lipinski definition) is 3. The third-order valence-electron chi connectivity index (χ3n) is 3.55. The molecule has 0 aliphatic rings. The summed E-state index contributed by atoms with van der Waals surface area (Å²) in [6.07, 6.45) is 2.97. The van der Waals surface area contributed by atoms with Gasteiger partial charge in [0, 0.05) is 28.5 Å². The monoisotopic (exact) mass is 355 g/mol. The number of benzene rings is 2. The maximum absolute atomic E-state index is 12.6. The lowest BCUT2D eigenvalue weighted by Crippen LogP contribution is -2.27. The number of nitriles is 1. The number of hydrogen-bond donors (Lipinski definition) is 1. The van der Waals surface area contributed by atoms with Crippen molar-refractivity contribution in [2.45, 2.75) is 6.04 Å². The third-order valence-corrected chi connectivity index (χ3v) is 3.99. The van der Waals surface area contributed by atoms with E-state index in [4.69, 9.17) is 23.2 Å². The van der Waals surface area contributed by atoms with Gasteiger partial charge in [0.25, 0.3) is 5.91 Å². The highest BCUT2D eigenvalue weighted by atomic mass is 35.5. The molecule has 1 atom stereocenters. The van der Waals surface area contributed by atoms with Crippen LogP contribution in [0.25, 0.3) is 10.8 Å². The van der Waals surface area contributed by atoms with Gasteiger partial charge in [-0.25, -0.2) is 0 Å². The van der Waals surface area contributed by atoms with Crippen molar-refractivity contribution in [3.63, 3.8) is 0 Å². The first kappa shape index (κ1) is 16.3. The number of carbonyl (C=O) groups is 1. The average Bonchev–Trinajstić information content (AvgIpc) is 2.58. The van der Waals surface area contributed by atoms with Gasteiger partial charge in [0.1, 0.15) is 6.04 Å². The fourth-order valence-corrected chi connectivity index (χ4v) is 2.78. The zero-order valence-electron chi connectivity index (χ0n) is 12.3. The van der Waals surface area contributed by atoms with Crippen LogP contribution in [0.2, 0.25) is 10.0 Å². The topological polar surface area (TPSA) is 65.8 Å². The molecule has 2 aromatic carbocycles. The summed E-state index contributed by atoms with van der Waals surface area (Å²) < 4.78 is 0. The lowest BCUT2D eigenvalue weighted by Gasteiger charge is -2.13. The Morgan fingerprint density at radius 2 is 1.96 bits per heavy atom. The maximum Gasteiger partial charge on any atom is 0.253 e. The smallest absolute Gasteiger partial charge is 0.253 e. The second-order valence-corrected chi connectivity index (χ2v) is 6.02. The first-order valence-corrected chi connectivity index (χ1v) is 7.83. The van der Waals surface area contributed by atoms with Crippen molar-refractivity contribution in [1.82, 2.24) is 10.3 Å². The minimum Gasteiger partial charge on any atom is -0.332 e. The molecular formula is C18H11Cl2N3O. The minimum atomic E-state index is -0.849. The molecule has 0 spiro atoms. The summed E-state index contributed by atoms with van der Waals surface area (Å²) in [4.78, 5) is 16.6. The quantitative estimate of drug-likeness (QED) is 0.749. The predicted molar refractivity (Wildman–Crippen MR) is 94.0 cm³/mol. The van der Waals surface area contributed by atoms with E-state index in [9.17, 15) is 10.1 Å². The van der Waals surface area contributed by atoms with Crippen LogP contribution in [0.3, 0.4) is 0 Å². The molecule has 0 fully saturated rings. The van der Waals surface area contributed by atoms with Crippen LogP contribution in [0.5, 0.6) is 0 Å². The molecule has 0 radical (unpaired) electrons. The highest BCUT2D eigenvalue weighted by Gasteiger charge is 2.17. The van der Waals surface area contributed by atoms with Gasteiger partial charge in [-0.3, -0.25) is 9.78 Å². The molecule has 24 heavy (non-hydrogen) atoms. The van der Waals surface area contributed by atoms with Gasteiger partial charge < -0.3 is 5.32 Å². The van der Waals surface area contributed by atoms with Gasteiger partial charge in [0.05, 0.1) is 11.1 Å². The minimum absolute atomic E-state index is 0.366. The Balaban J connectivity index is 1.95. The Labute approximate surface area is 148 Å². The highest BCUT2D eigenvalue weighted by Crippen LogP contribution is 2.24. The van der Waals surface area contributed by atoms with Crippen LogP contribution in [0, 0.1) is 11.3 Å². The Hall–Kier alpha value is -2.61. The normalized spacial score (nSPS) is 11.7. The molecule has 1 amide bonds. The van der Waals surface area contributed by atoms with Crippen LogP contribution in [0.15, 0.2) is 54.9 Å². The summed E-state index contributed by atoms with van der Waals surface area (Å²) in [6.45, 7) is 0. The van der Waals surface area contributed by atoms with E-state index >= 15 is 0 Å². The van der Waals surface area contributed by atoms with Crippen LogP contribution in [0.1, 0.15) is 22.0 Å². The molecule has 4 nitrogen and oxygen atoms in total. The number of nitrogens with one attached hydrogen (secondary N) is 1. The van der Waals surface area contributed by atoms with Crippen molar-refractivity contribution >= 4 is 39.9 Å². The number of rotatable bonds is 3. The van der Waals surface area contributed by atoms with Gasteiger partial charge in [-0.2, -0.15) is 5.26 Å². The molecule has 3 aromatic rings. The number of carbonyl (C=O) groups excluding carboxylic acids is 1. The van der Waals surface area contributed by atoms with E-state index in [0.29, 0.717) is 21.2 Å². The van der Waals surface area contributed by atoms with E-state index in [2.05, 4.69) is 10.3 Å². The summed E-state index contributed by atoms with van der Waals surface area (Å²) in [6, 6.07) is 13.5. The summed E-state index contributed by atoms with van der Waals surface area (Å²) in [5.41, 5.74) is 0.974. The van der Waals surface area contributed by atoms with Crippen molar-refractivity contribution in [1.29, 1.82) is 5.26 Å². The lowest BCUT2D eigenvalue weighted by atomic mass is 10.0. The molecule has 1 unspecified atom stereocenters. The van der Waals surface area contributed by atoms with E-state index in [1.807, 2.05) is 18.2 Å². The summed E-state index contributed by atoms with van der Waals surface area (Å²) in [5, 5.41) is 14.6. The number of halogens is 2. The predicted octanol–water partition coefficient (Wildman–Crippen LogP) is 4.54. The van der Waals surface area contributed by atoms with Crippen molar-refractivity contribution < 1.29 is 4.79 Å². The molecule has 0 bridgehead atoms. The Bertz CT molecular complexity index is 966. The van der Waals surface area contributed by atoms with Crippen molar-refractivity contribution in [2.75, 3.05) is 0 Å². The molecule has 0 saturated heterocycles. The molecule has 3 rings (SSSR count). The summed E-state index contributed by atoms with van der Waals surface area (Å²) in [7, 11) is 0.